The van der Waals surface area contributed by atoms with E-state index in [0.29, 0.717) is 22.3 Å². The van der Waals surface area contributed by atoms with Crippen LogP contribution in [0.4, 0.5) is 0 Å². The van der Waals surface area contributed by atoms with Crippen molar-refractivity contribution in [2.24, 2.45) is 0 Å². The van der Waals surface area contributed by atoms with Gasteiger partial charge in [0.2, 0.25) is 5.91 Å². The number of carbonyl (C=O) groups is 2. The molecule has 1 atom stereocenters. The monoisotopic (exact) mass is 540 g/mol. The van der Waals surface area contributed by atoms with Crippen molar-refractivity contribution in [3.63, 3.8) is 0 Å². The van der Waals surface area contributed by atoms with Gasteiger partial charge in [-0.25, -0.2) is 0 Å². The van der Waals surface area contributed by atoms with Gasteiger partial charge in [0.15, 0.2) is 6.61 Å². The largest absolute Gasteiger partial charge is 0.482 e. The van der Waals surface area contributed by atoms with Gasteiger partial charge in [0, 0.05) is 22.1 Å². The molecule has 0 radical (unpaired) electrons. The average molecular weight is 542 g/mol. The van der Waals surface area contributed by atoms with E-state index in [9.17, 15) is 9.59 Å². The molecule has 0 unspecified atom stereocenters. The summed E-state index contributed by atoms with van der Waals surface area (Å²) in [7, 11) is 0. The van der Waals surface area contributed by atoms with Crippen LogP contribution in [0.1, 0.15) is 44.6 Å². The molecule has 0 aromatic heterocycles. The summed E-state index contributed by atoms with van der Waals surface area (Å²) in [6.45, 7) is 1.81. The molecule has 3 rings (SSSR count). The summed E-state index contributed by atoms with van der Waals surface area (Å²) in [5, 5.41) is 3.93. The number of benzene rings is 2. The lowest BCUT2D eigenvalue weighted by molar-refractivity contribution is -0.142. The van der Waals surface area contributed by atoms with Gasteiger partial charge in [-0.3, -0.25) is 9.59 Å². The molecule has 0 heterocycles. The molecule has 0 bridgehead atoms. The van der Waals surface area contributed by atoms with Crippen LogP contribution in [0.3, 0.4) is 0 Å². The molecule has 1 fully saturated rings. The summed E-state index contributed by atoms with van der Waals surface area (Å²) in [6, 6.07) is 12.0. The summed E-state index contributed by atoms with van der Waals surface area (Å²) < 4.78 is 6.60. The highest BCUT2D eigenvalue weighted by Crippen LogP contribution is 2.27. The molecular weight excluding hydrogens is 515 g/mol. The number of hydrogen-bond acceptors (Lipinski definition) is 3. The van der Waals surface area contributed by atoms with Crippen LogP contribution >= 0.6 is 39.1 Å². The van der Waals surface area contributed by atoms with Crippen LogP contribution in [0, 0.1) is 0 Å². The molecule has 172 valence electrons. The minimum absolute atomic E-state index is 0.146. The molecule has 2 aromatic carbocycles. The minimum atomic E-state index is -0.641. The van der Waals surface area contributed by atoms with Crippen molar-refractivity contribution in [3.8, 4) is 5.75 Å². The van der Waals surface area contributed by atoms with Crippen LogP contribution in [0.2, 0.25) is 10.0 Å². The molecule has 1 aliphatic rings. The van der Waals surface area contributed by atoms with E-state index in [1.165, 1.54) is 6.42 Å². The number of ether oxygens (including phenoxy) is 1. The molecule has 0 aliphatic heterocycles. The highest BCUT2D eigenvalue weighted by Gasteiger charge is 2.28. The molecule has 32 heavy (non-hydrogen) atoms. The van der Waals surface area contributed by atoms with Gasteiger partial charge in [0.05, 0.1) is 5.02 Å². The Kier molecular flexibility index (Phi) is 9.26. The molecule has 0 saturated heterocycles. The number of carbonyl (C=O) groups excluding carboxylic acids is 2. The SMILES string of the molecule is C[C@H](C(=O)NC1CCCCC1)N(Cc1ccc(Br)cc1)C(=O)COc1ccc(Cl)cc1Cl. The van der Waals surface area contributed by atoms with E-state index in [-0.39, 0.29) is 24.5 Å². The first-order chi connectivity index (χ1) is 15.3. The molecule has 2 aromatic rings. The van der Waals surface area contributed by atoms with Gasteiger partial charge in [-0.05, 0) is 55.7 Å². The maximum Gasteiger partial charge on any atom is 0.261 e. The second-order valence-electron chi connectivity index (χ2n) is 8.03. The van der Waals surface area contributed by atoms with Crippen LogP contribution in [0.15, 0.2) is 46.9 Å². The zero-order chi connectivity index (χ0) is 23.1. The highest BCUT2D eigenvalue weighted by molar-refractivity contribution is 9.10. The zero-order valence-electron chi connectivity index (χ0n) is 18.0. The molecule has 1 N–H and O–H groups in total. The number of hydrogen-bond donors (Lipinski definition) is 1. The Hall–Kier alpha value is -1.76. The van der Waals surface area contributed by atoms with Crippen LogP contribution in [-0.4, -0.2) is 35.4 Å². The topological polar surface area (TPSA) is 58.6 Å². The van der Waals surface area contributed by atoms with Gasteiger partial charge < -0.3 is 15.0 Å². The van der Waals surface area contributed by atoms with E-state index in [2.05, 4.69) is 21.2 Å². The summed E-state index contributed by atoms with van der Waals surface area (Å²) in [5.74, 6) is -0.0792. The molecule has 2 amide bonds. The first-order valence-electron chi connectivity index (χ1n) is 10.8. The fourth-order valence-electron chi connectivity index (χ4n) is 3.75. The van der Waals surface area contributed by atoms with Gasteiger partial charge in [-0.1, -0.05) is 70.5 Å². The maximum absolute atomic E-state index is 13.1. The van der Waals surface area contributed by atoms with E-state index in [1.54, 1.807) is 30.0 Å². The Morgan fingerprint density at radius 2 is 1.81 bits per heavy atom. The van der Waals surface area contributed by atoms with Crippen molar-refractivity contribution in [3.05, 3.63) is 62.5 Å². The van der Waals surface area contributed by atoms with Crippen molar-refractivity contribution in [2.75, 3.05) is 6.61 Å². The summed E-state index contributed by atoms with van der Waals surface area (Å²) in [6.07, 6.45) is 5.42. The van der Waals surface area contributed by atoms with Gasteiger partial charge in [-0.2, -0.15) is 0 Å². The fourth-order valence-corrected chi connectivity index (χ4v) is 4.48. The van der Waals surface area contributed by atoms with Crippen molar-refractivity contribution in [1.29, 1.82) is 0 Å². The van der Waals surface area contributed by atoms with Crippen LogP contribution in [-0.2, 0) is 16.1 Å². The van der Waals surface area contributed by atoms with Crippen LogP contribution in [0.5, 0.6) is 5.75 Å². The third-order valence-electron chi connectivity index (χ3n) is 5.63. The standard InChI is InChI=1S/C24H27BrCl2N2O3/c1-16(24(31)28-20-5-3-2-4-6-20)29(14-17-7-9-18(25)10-8-17)23(30)15-32-22-12-11-19(26)13-21(22)27/h7-13,16,20H,2-6,14-15H2,1H3,(H,28,31)/t16-/m1/s1. The van der Waals surface area contributed by atoms with E-state index < -0.39 is 6.04 Å². The molecule has 0 spiro atoms. The number of nitrogens with one attached hydrogen (secondary N) is 1. The Bertz CT molecular complexity index is 933. The zero-order valence-corrected chi connectivity index (χ0v) is 21.0. The Morgan fingerprint density at radius 1 is 1.12 bits per heavy atom. The molecule has 1 saturated carbocycles. The number of rotatable bonds is 8. The summed E-state index contributed by atoms with van der Waals surface area (Å²) >= 11 is 15.5. The lowest BCUT2D eigenvalue weighted by Crippen LogP contribution is -2.51. The van der Waals surface area contributed by atoms with Crippen molar-refractivity contribution < 1.29 is 14.3 Å². The summed E-state index contributed by atoms with van der Waals surface area (Å²) in [4.78, 5) is 27.7. The predicted octanol–water partition coefficient (Wildman–Crippen LogP) is 6.00. The number of nitrogens with zero attached hydrogens (tertiary/aromatic N) is 1. The molecular formula is C24H27BrCl2N2O3. The lowest BCUT2D eigenvalue weighted by atomic mass is 9.95. The molecule has 1 aliphatic carbocycles. The van der Waals surface area contributed by atoms with Crippen molar-refractivity contribution >= 4 is 50.9 Å². The third-order valence-corrected chi connectivity index (χ3v) is 6.69. The van der Waals surface area contributed by atoms with E-state index in [0.717, 1.165) is 35.7 Å². The second-order valence-corrected chi connectivity index (χ2v) is 9.79. The highest BCUT2D eigenvalue weighted by atomic mass is 79.9. The number of halogens is 3. The van der Waals surface area contributed by atoms with E-state index >= 15 is 0 Å². The minimum Gasteiger partial charge on any atom is -0.482 e. The Morgan fingerprint density at radius 3 is 2.47 bits per heavy atom. The molecule has 5 nitrogen and oxygen atoms in total. The maximum atomic E-state index is 13.1. The Labute approximate surface area is 207 Å². The van der Waals surface area contributed by atoms with Crippen LogP contribution < -0.4 is 10.1 Å². The Balaban J connectivity index is 1.71. The van der Waals surface area contributed by atoms with E-state index in [4.69, 9.17) is 27.9 Å². The van der Waals surface area contributed by atoms with Gasteiger partial charge in [0.25, 0.3) is 5.91 Å². The first kappa shape index (κ1) is 24.9. The lowest BCUT2D eigenvalue weighted by Gasteiger charge is -2.31. The summed E-state index contributed by atoms with van der Waals surface area (Å²) in [5.41, 5.74) is 0.920. The average Bonchev–Trinajstić information content (AvgIpc) is 2.78. The molecule has 8 heteroatoms. The third kappa shape index (κ3) is 7.12. The van der Waals surface area contributed by atoms with Crippen molar-refractivity contribution in [1.82, 2.24) is 10.2 Å². The quantitative estimate of drug-likeness (QED) is 0.445. The van der Waals surface area contributed by atoms with Gasteiger partial charge in [-0.15, -0.1) is 0 Å². The normalized spacial score (nSPS) is 15.1. The first-order valence-corrected chi connectivity index (χ1v) is 12.3. The van der Waals surface area contributed by atoms with Crippen molar-refractivity contribution in [2.45, 2.75) is 57.7 Å². The second kappa shape index (κ2) is 11.9. The van der Waals surface area contributed by atoms with Gasteiger partial charge in [0.1, 0.15) is 11.8 Å². The van der Waals surface area contributed by atoms with Crippen LogP contribution in [0.25, 0.3) is 0 Å². The fraction of sp³-hybridized carbons (Fsp3) is 0.417. The predicted molar refractivity (Wildman–Crippen MR) is 131 cm³/mol. The number of amides is 2. The van der Waals surface area contributed by atoms with E-state index in [1.807, 2.05) is 24.3 Å². The smallest absolute Gasteiger partial charge is 0.261 e. The van der Waals surface area contributed by atoms with Gasteiger partial charge >= 0.3 is 0 Å².